The molecule has 0 bridgehead atoms. The largest absolute Gasteiger partial charge is 0.446 e. The van der Waals surface area contributed by atoms with E-state index in [-0.39, 0.29) is 5.09 Å². The van der Waals surface area contributed by atoms with E-state index in [4.69, 9.17) is 21.2 Å². The summed E-state index contributed by atoms with van der Waals surface area (Å²) in [6.07, 6.45) is 0. The molecule has 18 heavy (non-hydrogen) atoms. The van der Waals surface area contributed by atoms with Gasteiger partial charge in [0.1, 0.15) is 5.76 Å². The van der Waals surface area contributed by atoms with Crippen LogP contribution in [0.4, 0.5) is 5.69 Å². The maximum Gasteiger partial charge on any atom is 0.271 e. The molecule has 2 aromatic rings. The van der Waals surface area contributed by atoms with Crippen molar-refractivity contribution in [1.29, 1.82) is 0 Å². The number of nitrogens with two attached hydrogens (primary N) is 1. The molecular formula is C11H11ClN2O3S. The van der Waals surface area contributed by atoms with E-state index in [1.54, 1.807) is 18.2 Å². The van der Waals surface area contributed by atoms with Gasteiger partial charge in [0.25, 0.3) is 10.0 Å². The second-order valence-electron chi connectivity index (χ2n) is 3.63. The number of furan rings is 1. The Labute approximate surface area is 110 Å². The van der Waals surface area contributed by atoms with Gasteiger partial charge >= 0.3 is 0 Å². The Morgan fingerprint density at radius 2 is 1.83 bits per heavy atom. The average Bonchev–Trinajstić information content (AvgIpc) is 2.77. The minimum atomic E-state index is -3.78. The third-order valence-corrected chi connectivity index (χ3v) is 3.26. The molecule has 1 aromatic heterocycles. The minimum absolute atomic E-state index is 0.240. The zero-order valence-corrected chi connectivity index (χ0v) is 10.8. The first-order valence-corrected chi connectivity index (χ1v) is 6.98. The summed E-state index contributed by atoms with van der Waals surface area (Å²) in [5.41, 5.74) is 0.855. The summed E-state index contributed by atoms with van der Waals surface area (Å²) >= 11 is 5.76. The molecule has 0 aliphatic rings. The van der Waals surface area contributed by atoms with Crippen LogP contribution in [0.5, 0.6) is 0 Å². The van der Waals surface area contributed by atoms with Crippen molar-refractivity contribution in [1.82, 2.24) is 0 Å². The highest BCUT2D eigenvalue weighted by atomic mass is 35.5. The number of nitrogens with one attached hydrogen (secondary N) is 1. The smallest absolute Gasteiger partial charge is 0.271 e. The molecule has 0 amide bonds. The monoisotopic (exact) mass is 286 g/mol. The van der Waals surface area contributed by atoms with E-state index in [1.165, 1.54) is 6.07 Å². The number of primary sulfonamides is 1. The lowest BCUT2D eigenvalue weighted by Crippen LogP contribution is -2.10. The summed E-state index contributed by atoms with van der Waals surface area (Å²) in [6.45, 7) is 0.358. The Balaban J connectivity index is 2.03. The van der Waals surface area contributed by atoms with Crippen molar-refractivity contribution >= 4 is 27.3 Å². The summed E-state index contributed by atoms with van der Waals surface area (Å²) in [4.78, 5) is 0. The molecule has 0 spiro atoms. The molecule has 0 aliphatic heterocycles. The van der Waals surface area contributed by atoms with Crippen LogP contribution in [-0.4, -0.2) is 8.42 Å². The van der Waals surface area contributed by atoms with E-state index in [1.807, 2.05) is 12.1 Å². The van der Waals surface area contributed by atoms with Crippen molar-refractivity contribution in [3.05, 3.63) is 47.2 Å². The number of sulfonamides is 1. The molecule has 0 atom stereocenters. The fourth-order valence-electron chi connectivity index (χ4n) is 1.36. The lowest BCUT2D eigenvalue weighted by Gasteiger charge is -2.03. The van der Waals surface area contributed by atoms with Gasteiger partial charge in [0.2, 0.25) is 5.09 Å². The predicted octanol–water partition coefficient (Wildman–Crippen LogP) is 2.19. The standard InChI is InChI=1S/C11H11ClN2O3S/c12-8-1-3-9(4-2-8)14-7-10-5-6-11(17-10)18(13,15)16/h1-6,14H,7H2,(H2,13,15,16). The molecule has 0 fully saturated rings. The minimum Gasteiger partial charge on any atom is -0.446 e. The zero-order chi connectivity index (χ0) is 13.2. The van der Waals surface area contributed by atoms with Gasteiger partial charge in [0.05, 0.1) is 6.54 Å². The molecule has 1 heterocycles. The number of anilines is 1. The number of benzene rings is 1. The molecule has 3 N–H and O–H groups in total. The van der Waals surface area contributed by atoms with Gasteiger partial charge in [0.15, 0.2) is 0 Å². The summed E-state index contributed by atoms with van der Waals surface area (Å²) in [7, 11) is -3.78. The quantitative estimate of drug-likeness (QED) is 0.902. The summed E-state index contributed by atoms with van der Waals surface area (Å²) in [5, 5.41) is 8.41. The molecule has 2 rings (SSSR count). The van der Waals surface area contributed by atoms with Crippen LogP contribution < -0.4 is 10.5 Å². The molecule has 7 heteroatoms. The number of hydrogen-bond acceptors (Lipinski definition) is 4. The average molecular weight is 287 g/mol. The van der Waals surface area contributed by atoms with Crippen molar-refractivity contribution in [3.8, 4) is 0 Å². The number of hydrogen-bond donors (Lipinski definition) is 2. The van der Waals surface area contributed by atoms with Gasteiger partial charge in [-0.05, 0) is 36.4 Å². The van der Waals surface area contributed by atoms with E-state index in [2.05, 4.69) is 5.32 Å². The van der Waals surface area contributed by atoms with Crippen LogP contribution in [0.2, 0.25) is 5.02 Å². The molecule has 96 valence electrons. The summed E-state index contributed by atoms with van der Waals surface area (Å²) in [6, 6.07) is 10.0. The Hall–Kier alpha value is -1.50. The van der Waals surface area contributed by atoms with Gasteiger partial charge in [0, 0.05) is 10.7 Å². The van der Waals surface area contributed by atoms with Crippen LogP contribution in [0, 0.1) is 0 Å². The lowest BCUT2D eigenvalue weighted by molar-refractivity contribution is 0.419. The van der Waals surface area contributed by atoms with Gasteiger partial charge in [-0.3, -0.25) is 0 Å². The van der Waals surface area contributed by atoms with E-state index >= 15 is 0 Å². The van der Waals surface area contributed by atoms with Crippen LogP contribution in [0.15, 0.2) is 45.9 Å². The summed E-state index contributed by atoms with van der Waals surface area (Å²) in [5.74, 6) is 0.481. The molecular weight excluding hydrogens is 276 g/mol. The molecule has 0 saturated heterocycles. The molecule has 5 nitrogen and oxygen atoms in total. The van der Waals surface area contributed by atoms with Crippen LogP contribution >= 0.6 is 11.6 Å². The third kappa shape index (κ3) is 3.25. The fraction of sp³-hybridized carbons (Fsp3) is 0.0909. The van der Waals surface area contributed by atoms with Gasteiger partial charge in [-0.2, -0.15) is 0 Å². The topological polar surface area (TPSA) is 85.3 Å². The number of halogens is 1. The van der Waals surface area contributed by atoms with E-state index < -0.39 is 10.0 Å². The lowest BCUT2D eigenvalue weighted by atomic mass is 10.3. The van der Waals surface area contributed by atoms with Crippen molar-refractivity contribution < 1.29 is 12.8 Å². The Morgan fingerprint density at radius 3 is 2.39 bits per heavy atom. The van der Waals surface area contributed by atoms with Gasteiger partial charge in [-0.1, -0.05) is 11.6 Å². The first-order chi connectivity index (χ1) is 8.45. The van der Waals surface area contributed by atoms with E-state index in [9.17, 15) is 8.42 Å². The van der Waals surface area contributed by atoms with Gasteiger partial charge < -0.3 is 9.73 Å². The predicted molar refractivity (Wildman–Crippen MR) is 68.9 cm³/mol. The van der Waals surface area contributed by atoms with Crippen molar-refractivity contribution in [2.24, 2.45) is 5.14 Å². The van der Waals surface area contributed by atoms with Crippen LogP contribution in [-0.2, 0) is 16.6 Å². The van der Waals surface area contributed by atoms with Crippen LogP contribution in [0.3, 0.4) is 0 Å². The summed E-state index contributed by atoms with van der Waals surface area (Å²) < 4.78 is 27.1. The third-order valence-electron chi connectivity index (χ3n) is 2.23. The molecule has 0 aliphatic carbocycles. The SMILES string of the molecule is NS(=O)(=O)c1ccc(CNc2ccc(Cl)cc2)o1. The highest BCUT2D eigenvalue weighted by Gasteiger charge is 2.12. The zero-order valence-electron chi connectivity index (χ0n) is 9.26. The van der Waals surface area contributed by atoms with Crippen molar-refractivity contribution in [3.63, 3.8) is 0 Å². The van der Waals surface area contributed by atoms with Crippen molar-refractivity contribution in [2.75, 3.05) is 5.32 Å². The Morgan fingerprint density at radius 1 is 1.17 bits per heavy atom. The second-order valence-corrected chi connectivity index (χ2v) is 5.56. The number of rotatable bonds is 4. The Kier molecular flexibility index (Phi) is 3.60. The normalized spacial score (nSPS) is 11.4. The highest BCUT2D eigenvalue weighted by Crippen LogP contribution is 2.16. The van der Waals surface area contributed by atoms with Crippen LogP contribution in [0.25, 0.3) is 0 Å². The van der Waals surface area contributed by atoms with E-state index in [0.717, 1.165) is 5.69 Å². The molecule has 0 unspecified atom stereocenters. The van der Waals surface area contributed by atoms with Gasteiger partial charge in [-0.15, -0.1) is 0 Å². The maximum absolute atomic E-state index is 11.0. The molecule has 1 aromatic carbocycles. The molecule has 0 radical (unpaired) electrons. The Bertz CT molecular complexity index is 635. The maximum atomic E-state index is 11.0. The first-order valence-electron chi connectivity index (χ1n) is 5.06. The van der Waals surface area contributed by atoms with Crippen molar-refractivity contribution in [2.45, 2.75) is 11.6 Å². The van der Waals surface area contributed by atoms with Crippen LogP contribution in [0.1, 0.15) is 5.76 Å². The molecule has 0 saturated carbocycles. The van der Waals surface area contributed by atoms with Gasteiger partial charge in [-0.25, -0.2) is 13.6 Å². The van der Waals surface area contributed by atoms with E-state index in [0.29, 0.717) is 17.3 Å². The fourth-order valence-corrected chi connectivity index (χ4v) is 1.97. The first kappa shape index (κ1) is 12.9. The second kappa shape index (κ2) is 5.01. The highest BCUT2D eigenvalue weighted by molar-refractivity contribution is 7.89.